The molecule has 2 aromatic rings. The number of nitrogens with one attached hydrogen (secondary N) is 1. The minimum Gasteiger partial charge on any atom is -0.370 e. The van der Waals surface area contributed by atoms with Crippen molar-refractivity contribution in [3.05, 3.63) is 47.8 Å². The summed E-state index contributed by atoms with van der Waals surface area (Å²) in [6, 6.07) is 10.1. The Hall–Kier alpha value is -2.61. The SMILES string of the molecule is Cc1ccccc1CCNc1cc(N(C)C#N)ncn1. The summed E-state index contributed by atoms with van der Waals surface area (Å²) in [5.41, 5.74) is 2.62. The number of rotatable bonds is 5. The molecule has 1 aromatic carbocycles. The van der Waals surface area contributed by atoms with Crippen LogP contribution in [0.4, 0.5) is 11.6 Å². The van der Waals surface area contributed by atoms with E-state index in [-0.39, 0.29) is 0 Å². The second-order valence-electron chi connectivity index (χ2n) is 4.52. The lowest BCUT2D eigenvalue weighted by Crippen LogP contribution is -2.12. The van der Waals surface area contributed by atoms with E-state index >= 15 is 0 Å². The van der Waals surface area contributed by atoms with E-state index in [1.165, 1.54) is 22.4 Å². The maximum atomic E-state index is 8.83. The molecule has 0 atom stereocenters. The number of nitriles is 1. The number of aryl methyl sites for hydroxylation is 1. The quantitative estimate of drug-likeness (QED) is 0.665. The number of hydrogen-bond donors (Lipinski definition) is 1. The van der Waals surface area contributed by atoms with Gasteiger partial charge in [-0.25, -0.2) is 9.97 Å². The zero-order valence-electron chi connectivity index (χ0n) is 11.7. The molecule has 0 fully saturated rings. The molecule has 2 rings (SSSR count). The molecule has 1 aromatic heterocycles. The predicted octanol–water partition coefficient (Wildman–Crippen LogP) is 2.36. The minimum atomic E-state index is 0.584. The Labute approximate surface area is 118 Å². The molecule has 0 unspecified atom stereocenters. The molecule has 0 amide bonds. The summed E-state index contributed by atoms with van der Waals surface area (Å²) < 4.78 is 0. The van der Waals surface area contributed by atoms with Crippen LogP contribution in [0.1, 0.15) is 11.1 Å². The molecule has 1 heterocycles. The van der Waals surface area contributed by atoms with E-state index in [9.17, 15) is 0 Å². The lowest BCUT2D eigenvalue weighted by atomic mass is 10.1. The van der Waals surface area contributed by atoms with Gasteiger partial charge in [-0.3, -0.25) is 4.90 Å². The van der Waals surface area contributed by atoms with E-state index in [0.29, 0.717) is 5.82 Å². The highest BCUT2D eigenvalue weighted by Crippen LogP contribution is 2.12. The Morgan fingerprint density at radius 3 is 2.85 bits per heavy atom. The highest BCUT2D eigenvalue weighted by Gasteiger charge is 2.03. The van der Waals surface area contributed by atoms with Gasteiger partial charge in [0.25, 0.3) is 0 Å². The van der Waals surface area contributed by atoms with Crippen LogP contribution in [0.2, 0.25) is 0 Å². The highest BCUT2D eigenvalue weighted by atomic mass is 15.2. The third-order valence-electron chi connectivity index (χ3n) is 3.11. The third-order valence-corrected chi connectivity index (χ3v) is 3.11. The van der Waals surface area contributed by atoms with Crippen molar-refractivity contribution in [2.75, 3.05) is 23.8 Å². The summed E-state index contributed by atoms with van der Waals surface area (Å²) in [5, 5.41) is 12.1. The lowest BCUT2D eigenvalue weighted by Gasteiger charge is -2.10. The molecular weight excluding hydrogens is 250 g/mol. The molecule has 0 aliphatic heterocycles. The first-order valence-corrected chi connectivity index (χ1v) is 6.44. The van der Waals surface area contributed by atoms with Crippen molar-refractivity contribution in [3.63, 3.8) is 0 Å². The number of hydrogen-bond acceptors (Lipinski definition) is 5. The molecule has 0 spiro atoms. The van der Waals surface area contributed by atoms with Crippen LogP contribution in [0.5, 0.6) is 0 Å². The first kappa shape index (κ1) is 13.8. The predicted molar refractivity (Wildman–Crippen MR) is 79.4 cm³/mol. The Morgan fingerprint density at radius 2 is 2.10 bits per heavy atom. The van der Waals surface area contributed by atoms with Crippen LogP contribution in [-0.4, -0.2) is 23.6 Å². The third kappa shape index (κ3) is 3.45. The molecule has 0 radical (unpaired) electrons. The molecule has 0 saturated carbocycles. The molecular formula is C15H17N5. The van der Waals surface area contributed by atoms with E-state index in [1.807, 2.05) is 18.3 Å². The topological polar surface area (TPSA) is 64.8 Å². The summed E-state index contributed by atoms with van der Waals surface area (Å²) in [7, 11) is 1.67. The Balaban J connectivity index is 1.95. The van der Waals surface area contributed by atoms with Gasteiger partial charge in [0, 0.05) is 19.7 Å². The number of aromatic nitrogens is 2. The molecule has 0 aliphatic carbocycles. The molecule has 5 nitrogen and oxygen atoms in total. The normalized spacial score (nSPS) is 9.85. The number of benzene rings is 1. The molecule has 5 heteroatoms. The van der Waals surface area contributed by atoms with Crippen LogP contribution >= 0.6 is 0 Å². The summed E-state index contributed by atoms with van der Waals surface area (Å²) >= 11 is 0. The van der Waals surface area contributed by atoms with Crippen molar-refractivity contribution < 1.29 is 0 Å². The van der Waals surface area contributed by atoms with E-state index in [4.69, 9.17) is 5.26 Å². The zero-order valence-corrected chi connectivity index (χ0v) is 11.7. The van der Waals surface area contributed by atoms with Gasteiger partial charge in [0.2, 0.25) is 0 Å². The maximum Gasteiger partial charge on any atom is 0.185 e. The van der Waals surface area contributed by atoms with Gasteiger partial charge in [-0.1, -0.05) is 24.3 Å². The Kier molecular flexibility index (Phi) is 4.51. The van der Waals surface area contributed by atoms with Crippen LogP contribution in [0.15, 0.2) is 36.7 Å². The summed E-state index contributed by atoms with van der Waals surface area (Å²) in [4.78, 5) is 9.59. The minimum absolute atomic E-state index is 0.584. The van der Waals surface area contributed by atoms with E-state index in [0.717, 1.165) is 18.8 Å². The average molecular weight is 267 g/mol. The molecule has 20 heavy (non-hydrogen) atoms. The van der Waals surface area contributed by atoms with Crippen LogP contribution in [0.3, 0.4) is 0 Å². The van der Waals surface area contributed by atoms with Crippen molar-refractivity contribution in [2.24, 2.45) is 0 Å². The van der Waals surface area contributed by atoms with E-state index < -0.39 is 0 Å². The van der Waals surface area contributed by atoms with Gasteiger partial charge < -0.3 is 5.32 Å². The van der Waals surface area contributed by atoms with Crippen molar-refractivity contribution in [2.45, 2.75) is 13.3 Å². The van der Waals surface area contributed by atoms with E-state index in [2.05, 4.69) is 34.3 Å². The first-order chi connectivity index (χ1) is 9.70. The van der Waals surface area contributed by atoms with Crippen LogP contribution in [0.25, 0.3) is 0 Å². The summed E-state index contributed by atoms with van der Waals surface area (Å²) in [6.07, 6.45) is 4.40. The standard InChI is InChI=1S/C15H17N5/c1-12-5-3-4-6-13(12)7-8-17-14-9-15(19-11-18-14)20(2)10-16/h3-6,9,11H,7-8H2,1-2H3,(H,17,18,19). The van der Waals surface area contributed by atoms with Gasteiger partial charge in [-0.05, 0) is 24.5 Å². The van der Waals surface area contributed by atoms with Gasteiger partial charge in [-0.15, -0.1) is 0 Å². The first-order valence-electron chi connectivity index (χ1n) is 6.44. The Morgan fingerprint density at radius 1 is 1.30 bits per heavy atom. The fraction of sp³-hybridized carbons (Fsp3) is 0.267. The molecule has 1 N–H and O–H groups in total. The monoisotopic (exact) mass is 267 g/mol. The maximum absolute atomic E-state index is 8.83. The second-order valence-corrected chi connectivity index (χ2v) is 4.52. The van der Waals surface area contributed by atoms with Crippen molar-refractivity contribution >= 4 is 11.6 Å². The number of nitrogens with zero attached hydrogens (tertiary/aromatic N) is 4. The van der Waals surface area contributed by atoms with Crippen LogP contribution in [0, 0.1) is 18.4 Å². The van der Waals surface area contributed by atoms with Crippen LogP contribution in [-0.2, 0) is 6.42 Å². The van der Waals surface area contributed by atoms with Gasteiger partial charge in [0.05, 0.1) is 0 Å². The fourth-order valence-electron chi connectivity index (χ4n) is 1.89. The Bertz CT molecular complexity index is 618. The van der Waals surface area contributed by atoms with Crippen molar-refractivity contribution in [3.8, 4) is 6.19 Å². The fourth-order valence-corrected chi connectivity index (χ4v) is 1.89. The van der Waals surface area contributed by atoms with E-state index in [1.54, 1.807) is 13.1 Å². The molecule has 0 aliphatic rings. The van der Waals surface area contributed by atoms with Crippen molar-refractivity contribution in [1.29, 1.82) is 5.26 Å². The second kappa shape index (κ2) is 6.53. The van der Waals surface area contributed by atoms with Gasteiger partial charge in [0.15, 0.2) is 6.19 Å². The number of anilines is 2. The van der Waals surface area contributed by atoms with Gasteiger partial charge in [0.1, 0.15) is 18.0 Å². The highest BCUT2D eigenvalue weighted by molar-refractivity contribution is 5.50. The molecule has 0 bridgehead atoms. The van der Waals surface area contributed by atoms with Crippen LogP contribution < -0.4 is 10.2 Å². The summed E-state index contributed by atoms with van der Waals surface area (Å²) in [6.45, 7) is 2.90. The smallest absolute Gasteiger partial charge is 0.185 e. The largest absolute Gasteiger partial charge is 0.370 e. The molecule has 102 valence electrons. The molecule has 0 saturated heterocycles. The zero-order chi connectivity index (χ0) is 14.4. The van der Waals surface area contributed by atoms with Crippen molar-refractivity contribution in [1.82, 2.24) is 9.97 Å². The lowest BCUT2D eigenvalue weighted by molar-refractivity contribution is 0.984. The average Bonchev–Trinajstić information content (AvgIpc) is 2.49. The van der Waals surface area contributed by atoms with Gasteiger partial charge in [-0.2, -0.15) is 5.26 Å². The van der Waals surface area contributed by atoms with Gasteiger partial charge >= 0.3 is 0 Å². The summed E-state index contributed by atoms with van der Waals surface area (Å²) in [5.74, 6) is 1.31.